The molecule has 0 amide bonds. The molecule has 3 nitrogen and oxygen atoms in total. The first-order chi connectivity index (χ1) is 9.24. The van der Waals surface area contributed by atoms with E-state index in [0.29, 0.717) is 6.04 Å². The molecule has 0 aromatic heterocycles. The lowest BCUT2D eigenvalue weighted by atomic mass is 10.1. The molecule has 1 aliphatic rings. The molecule has 19 heavy (non-hydrogen) atoms. The molecule has 1 unspecified atom stereocenters. The van der Waals surface area contributed by atoms with Crippen LogP contribution in [0.3, 0.4) is 0 Å². The molecule has 1 aliphatic carbocycles. The Kier molecular flexibility index (Phi) is 5.23. The summed E-state index contributed by atoms with van der Waals surface area (Å²) in [5, 5.41) is 3.70. The number of benzene rings is 1. The topological polar surface area (TPSA) is 41.3 Å². The highest BCUT2D eigenvalue weighted by Crippen LogP contribution is 2.32. The maximum Gasteiger partial charge on any atom is 0.0326 e. The molecule has 1 aromatic rings. The first-order valence-corrected chi connectivity index (χ1v) is 7.58. The van der Waals surface area contributed by atoms with Gasteiger partial charge in [-0.1, -0.05) is 19.9 Å². The van der Waals surface area contributed by atoms with Gasteiger partial charge in [0.1, 0.15) is 0 Å². The van der Waals surface area contributed by atoms with Gasteiger partial charge >= 0.3 is 0 Å². The summed E-state index contributed by atoms with van der Waals surface area (Å²) in [6, 6.07) is 6.87. The van der Waals surface area contributed by atoms with Crippen molar-refractivity contribution >= 4 is 5.69 Å². The molecule has 1 atom stereocenters. The highest BCUT2D eigenvalue weighted by atomic mass is 15.1. The highest BCUT2D eigenvalue weighted by molar-refractivity contribution is 5.47. The van der Waals surface area contributed by atoms with E-state index < -0.39 is 0 Å². The predicted molar refractivity (Wildman–Crippen MR) is 82.3 cm³/mol. The second-order valence-electron chi connectivity index (χ2n) is 5.44. The Morgan fingerprint density at radius 1 is 1.32 bits per heavy atom. The lowest BCUT2D eigenvalue weighted by molar-refractivity contribution is 0.282. The van der Waals surface area contributed by atoms with Crippen LogP contribution in [0.25, 0.3) is 0 Å². The van der Waals surface area contributed by atoms with E-state index in [9.17, 15) is 0 Å². The van der Waals surface area contributed by atoms with Crippen molar-refractivity contribution in [3.05, 3.63) is 29.3 Å². The fourth-order valence-corrected chi connectivity index (χ4v) is 2.99. The van der Waals surface area contributed by atoms with Gasteiger partial charge in [-0.3, -0.25) is 0 Å². The van der Waals surface area contributed by atoms with Gasteiger partial charge in [0, 0.05) is 24.8 Å². The summed E-state index contributed by atoms with van der Waals surface area (Å²) in [4.78, 5) is 2.51. The summed E-state index contributed by atoms with van der Waals surface area (Å²) in [5.74, 6) is 0. The smallest absolute Gasteiger partial charge is 0.0326 e. The fraction of sp³-hybridized carbons (Fsp3) is 0.625. The number of anilines is 1. The zero-order chi connectivity index (χ0) is 13.7. The van der Waals surface area contributed by atoms with Gasteiger partial charge in [0.2, 0.25) is 0 Å². The Balaban J connectivity index is 1.83. The Morgan fingerprint density at radius 3 is 2.89 bits per heavy atom. The van der Waals surface area contributed by atoms with E-state index in [2.05, 4.69) is 36.2 Å². The number of nitrogen functional groups attached to an aromatic ring is 1. The molecule has 3 N–H and O–H groups in total. The summed E-state index contributed by atoms with van der Waals surface area (Å²) in [6.07, 6.45) is 3.60. The minimum atomic E-state index is 0.524. The number of rotatable bonds is 7. The van der Waals surface area contributed by atoms with Gasteiger partial charge in [0.25, 0.3) is 0 Å². The Hall–Kier alpha value is -1.06. The third-order valence-electron chi connectivity index (χ3n) is 4.05. The Morgan fingerprint density at radius 2 is 2.16 bits per heavy atom. The van der Waals surface area contributed by atoms with Crippen LogP contribution in [0.1, 0.15) is 43.9 Å². The number of hydrogen-bond donors (Lipinski definition) is 2. The first kappa shape index (κ1) is 14.4. The second kappa shape index (κ2) is 6.92. The zero-order valence-electron chi connectivity index (χ0n) is 12.3. The number of nitrogens with one attached hydrogen (secondary N) is 1. The van der Waals surface area contributed by atoms with E-state index in [4.69, 9.17) is 5.73 Å². The largest absolute Gasteiger partial charge is 0.399 e. The van der Waals surface area contributed by atoms with E-state index in [1.807, 2.05) is 6.07 Å². The minimum Gasteiger partial charge on any atom is -0.399 e. The van der Waals surface area contributed by atoms with Crippen molar-refractivity contribution in [2.75, 3.05) is 31.9 Å². The van der Waals surface area contributed by atoms with E-state index in [1.165, 1.54) is 30.5 Å². The van der Waals surface area contributed by atoms with Crippen molar-refractivity contribution in [2.24, 2.45) is 0 Å². The third-order valence-corrected chi connectivity index (χ3v) is 4.05. The molecule has 2 rings (SSSR count). The normalized spacial score (nSPS) is 17.9. The molecule has 0 saturated heterocycles. The molecule has 106 valence electrons. The van der Waals surface area contributed by atoms with Crippen molar-refractivity contribution in [2.45, 2.75) is 39.2 Å². The number of nitrogens with zero attached hydrogens (tertiary/aromatic N) is 1. The number of nitrogens with two attached hydrogens (primary N) is 1. The maximum absolute atomic E-state index is 5.84. The van der Waals surface area contributed by atoms with E-state index in [0.717, 1.165) is 31.7 Å². The number of fused-ring (bicyclic) bond motifs is 1. The quantitative estimate of drug-likeness (QED) is 0.741. The number of aryl methyl sites for hydroxylation is 1. The van der Waals surface area contributed by atoms with Gasteiger partial charge in [-0.25, -0.2) is 0 Å². The van der Waals surface area contributed by atoms with Crippen molar-refractivity contribution in [3.8, 4) is 0 Å². The van der Waals surface area contributed by atoms with Gasteiger partial charge in [0.15, 0.2) is 0 Å². The van der Waals surface area contributed by atoms with Crippen LogP contribution in [0.15, 0.2) is 18.2 Å². The summed E-state index contributed by atoms with van der Waals surface area (Å²) in [6.45, 7) is 9.05. The summed E-state index contributed by atoms with van der Waals surface area (Å²) in [7, 11) is 0. The van der Waals surface area contributed by atoms with E-state index in [1.54, 1.807) is 0 Å². The second-order valence-corrected chi connectivity index (χ2v) is 5.44. The van der Waals surface area contributed by atoms with Gasteiger partial charge in [-0.05, 0) is 55.6 Å². The lowest BCUT2D eigenvalue weighted by Crippen LogP contribution is -2.33. The molecule has 0 aliphatic heterocycles. The van der Waals surface area contributed by atoms with E-state index >= 15 is 0 Å². The Labute approximate surface area is 117 Å². The Bertz CT molecular complexity index is 403. The fourth-order valence-electron chi connectivity index (χ4n) is 2.99. The molecule has 0 spiro atoms. The van der Waals surface area contributed by atoms with Crippen LogP contribution in [0.2, 0.25) is 0 Å². The number of likely N-dealkylation sites (N-methyl/N-ethyl adjacent to an activating group) is 1. The van der Waals surface area contributed by atoms with Crippen molar-refractivity contribution < 1.29 is 0 Å². The monoisotopic (exact) mass is 261 g/mol. The average molecular weight is 261 g/mol. The van der Waals surface area contributed by atoms with Crippen LogP contribution in [0.4, 0.5) is 5.69 Å². The first-order valence-electron chi connectivity index (χ1n) is 7.58. The van der Waals surface area contributed by atoms with Crippen LogP contribution < -0.4 is 11.1 Å². The van der Waals surface area contributed by atoms with E-state index in [-0.39, 0.29) is 0 Å². The summed E-state index contributed by atoms with van der Waals surface area (Å²) in [5.41, 5.74) is 9.61. The molecule has 1 aromatic carbocycles. The van der Waals surface area contributed by atoms with Crippen LogP contribution >= 0.6 is 0 Å². The highest BCUT2D eigenvalue weighted by Gasteiger charge is 2.21. The molecule has 3 heteroatoms. The standard InChI is InChI=1S/C16H27N3/c1-3-10-19(4-2)11-9-18-16-8-5-13-12-14(17)6-7-15(13)16/h6-7,12,16,18H,3-5,8-11,17H2,1-2H3. The van der Waals surface area contributed by atoms with Crippen molar-refractivity contribution in [1.82, 2.24) is 10.2 Å². The van der Waals surface area contributed by atoms with Crippen LogP contribution in [-0.4, -0.2) is 31.1 Å². The molecule has 0 radical (unpaired) electrons. The molecular formula is C16H27N3. The summed E-state index contributed by atoms with van der Waals surface area (Å²) < 4.78 is 0. The van der Waals surface area contributed by atoms with Gasteiger partial charge in [0.05, 0.1) is 0 Å². The van der Waals surface area contributed by atoms with Gasteiger partial charge < -0.3 is 16.0 Å². The van der Waals surface area contributed by atoms with Gasteiger partial charge in [-0.15, -0.1) is 0 Å². The van der Waals surface area contributed by atoms with Crippen LogP contribution in [0.5, 0.6) is 0 Å². The predicted octanol–water partition coefficient (Wildman–Crippen LogP) is 2.58. The van der Waals surface area contributed by atoms with Crippen molar-refractivity contribution in [3.63, 3.8) is 0 Å². The lowest BCUT2D eigenvalue weighted by Gasteiger charge is -2.21. The van der Waals surface area contributed by atoms with Crippen molar-refractivity contribution in [1.29, 1.82) is 0 Å². The van der Waals surface area contributed by atoms with Crippen LogP contribution in [0, 0.1) is 0 Å². The average Bonchev–Trinajstić information content (AvgIpc) is 2.80. The molecule has 0 bridgehead atoms. The van der Waals surface area contributed by atoms with Crippen LogP contribution in [-0.2, 0) is 6.42 Å². The third kappa shape index (κ3) is 3.71. The van der Waals surface area contributed by atoms with Gasteiger partial charge in [-0.2, -0.15) is 0 Å². The molecule has 0 fully saturated rings. The molecular weight excluding hydrogens is 234 g/mol. The maximum atomic E-state index is 5.84. The zero-order valence-corrected chi connectivity index (χ0v) is 12.3. The molecule has 0 saturated carbocycles. The minimum absolute atomic E-state index is 0.524. The number of hydrogen-bond acceptors (Lipinski definition) is 3. The summed E-state index contributed by atoms with van der Waals surface area (Å²) >= 11 is 0. The SMILES string of the molecule is CCCN(CC)CCNC1CCc2cc(N)ccc21. The molecule has 0 heterocycles.